The number of carbonyl (C=O) groups is 1. The molecule has 0 saturated carbocycles. The summed E-state index contributed by atoms with van der Waals surface area (Å²) in [6.45, 7) is 2.03. The van der Waals surface area contributed by atoms with Gasteiger partial charge >= 0.3 is 5.97 Å². The van der Waals surface area contributed by atoms with Crippen molar-refractivity contribution in [2.75, 3.05) is 7.11 Å². The molecule has 178 valence electrons. The molecule has 0 atom stereocenters. The van der Waals surface area contributed by atoms with Crippen LogP contribution in [0.5, 0.6) is 11.5 Å². The number of ether oxygens (including phenoxy) is 2. The molecular weight excluding hydrogens is 457 g/mol. The lowest BCUT2D eigenvalue weighted by atomic mass is 10.1. The number of halogens is 1. The number of rotatable bonds is 5. The van der Waals surface area contributed by atoms with Gasteiger partial charge in [-0.15, -0.1) is 0 Å². The molecule has 0 fully saturated rings. The molecule has 0 aliphatic carbocycles. The first-order chi connectivity index (χ1) is 17.5. The lowest BCUT2D eigenvalue weighted by molar-refractivity contribution is -0.400. The quantitative estimate of drug-likeness (QED) is 0.281. The van der Waals surface area contributed by atoms with Crippen molar-refractivity contribution in [1.29, 1.82) is 0 Å². The Bertz CT molecular complexity index is 1600. The number of fused-ring (bicyclic) bond motifs is 1. The summed E-state index contributed by atoms with van der Waals surface area (Å²) in [6.07, 6.45) is 0. The van der Waals surface area contributed by atoms with E-state index in [1.54, 1.807) is 19.2 Å². The summed E-state index contributed by atoms with van der Waals surface area (Å²) in [7, 11) is 1.63. The van der Waals surface area contributed by atoms with Crippen LogP contribution in [0.25, 0.3) is 22.3 Å². The van der Waals surface area contributed by atoms with Crippen LogP contribution in [-0.4, -0.2) is 13.1 Å². The highest BCUT2D eigenvalue weighted by Gasteiger charge is 2.12. The van der Waals surface area contributed by atoms with Gasteiger partial charge in [0.2, 0.25) is 11.0 Å². The van der Waals surface area contributed by atoms with Gasteiger partial charge < -0.3 is 13.9 Å². The van der Waals surface area contributed by atoms with E-state index >= 15 is 0 Å². The Kier molecular flexibility index (Phi) is 6.33. The molecule has 36 heavy (non-hydrogen) atoms. The fraction of sp³-hybridized carbons (Fsp3) is 0.0667. The monoisotopic (exact) mass is 480 g/mol. The van der Waals surface area contributed by atoms with E-state index < -0.39 is 11.8 Å². The summed E-state index contributed by atoms with van der Waals surface area (Å²) >= 11 is 0. The minimum Gasteiger partial charge on any atom is -0.497 e. The molecule has 6 heteroatoms. The van der Waals surface area contributed by atoms with Crippen molar-refractivity contribution in [3.05, 3.63) is 119 Å². The third-order valence-corrected chi connectivity index (χ3v) is 5.72. The van der Waals surface area contributed by atoms with Gasteiger partial charge in [0.1, 0.15) is 28.7 Å². The maximum atomic E-state index is 13.1. The predicted molar refractivity (Wildman–Crippen MR) is 134 cm³/mol. The summed E-state index contributed by atoms with van der Waals surface area (Å²) in [6, 6.07) is 28.0. The largest absolute Gasteiger partial charge is 0.497 e. The highest BCUT2D eigenvalue weighted by molar-refractivity contribution is 5.91. The van der Waals surface area contributed by atoms with Crippen LogP contribution in [0.1, 0.15) is 15.9 Å². The second-order valence-electron chi connectivity index (χ2n) is 8.30. The number of benzene rings is 4. The third-order valence-electron chi connectivity index (χ3n) is 5.72. The van der Waals surface area contributed by atoms with Gasteiger partial charge in [-0.25, -0.2) is 14.2 Å². The summed E-state index contributed by atoms with van der Waals surface area (Å²) in [5.41, 5.74) is 3.87. The van der Waals surface area contributed by atoms with Crippen LogP contribution in [0.15, 0.2) is 101 Å². The lowest BCUT2D eigenvalue weighted by Crippen LogP contribution is -2.70. The van der Waals surface area contributed by atoms with Gasteiger partial charge in [0, 0.05) is 17.7 Å². The Morgan fingerprint density at radius 2 is 1.53 bits per heavy atom. The molecule has 5 nitrogen and oxygen atoms in total. The molecule has 1 N–H and O–H groups in total. The zero-order chi connectivity index (χ0) is 25.1. The average molecular weight is 481 g/mol. The number of methoxy groups -OCH3 is 1. The molecule has 0 unspecified atom stereocenters. The van der Waals surface area contributed by atoms with Crippen LogP contribution in [-0.2, 0) is 0 Å². The first kappa shape index (κ1) is 23.1. The van der Waals surface area contributed by atoms with Gasteiger partial charge in [-0.2, -0.15) is 0 Å². The van der Waals surface area contributed by atoms with Crippen LogP contribution < -0.4 is 19.8 Å². The number of hydrogen-bond acceptors (Lipinski definition) is 4. The van der Waals surface area contributed by atoms with Crippen molar-refractivity contribution < 1.29 is 28.1 Å². The molecule has 5 rings (SSSR count). The first-order valence-electron chi connectivity index (χ1n) is 11.4. The van der Waals surface area contributed by atoms with Gasteiger partial charge in [0.25, 0.3) is 0 Å². The van der Waals surface area contributed by atoms with Gasteiger partial charge in [-0.3, -0.25) is 0 Å². The van der Waals surface area contributed by atoms with Crippen LogP contribution in [0.4, 0.5) is 10.1 Å². The van der Waals surface area contributed by atoms with Crippen LogP contribution in [0, 0.1) is 12.7 Å². The van der Waals surface area contributed by atoms with E-state index in [-0.39, 0.29) is 5.56 Å². The maximum Gasteiger partial charge on any atom is 0.343 e. The SMILES string of the molecule is COc1ccc(-c2cc(=[NH+]c3ccc(OC(=O)c4ccc(F)cc4)cc3)c3cc(C)ccc3o2)cc1. The van der Waals surface area contributed by atoms with E-state index in [1.165, 1.54) is 24.3 Å². The summed E-state index contributed by atoms with van der Waals surface area (Å²) in [5.74, 6) is 0.909. The van der Waals surface area contributed by atoms with Crippen LogP contribution in [0.2, 0.25) is 0 Å². The highest BCUT2D eigenvalue weighted by Crippen LogP contribution is 2.24. The molecule has 0 amide bonds. The Balaban J connectivity index is 1.49. The smallest absolute Gasteiger partial charge is 0.343 e. The van der Waals surface area contributed by atoms with E-state index in [1.807, 2.05) is 61.5 Å². The van der Waals surface area contributed by atoms with Crippen LogP contribution in [0.3, 0.4) is 0 Å². The number of carbonyl (C=O) groups excluding carboxylic acids is 1. The molecule has 0 saturated heterocycles. The fourth-order valence-corrected chi connectivity index (χ4v) is 3.81. The fourth-order valence-electron chi connectivity index (χ4n) is 3.81. The molecule has 1 aromatic heterocycles. The van der Waals surface area contributed by atoms with E-state index in [9.17, 15) is 9.18 Å². The van der Waals surface area contributed by atoms with Gasteiger partial charge in [-0.05, 0) is 79.7 Å². The van der Waals surface area contributed by atoms with Gasteiger partial charge in [-0.1, -0.05) is 11.6 Å². The summed E-state index contributed by atoms with van der Waals surface area (Å²) in [4.78, 5) is 15.8. The third kappa shape index (κ3) is 5.03. The summed E-state index contributed by atoms with van der Waals surface area (Å²) in [5, 5.41) is 1.82. The Morgan fingerprint density at radius 3 is 2.22 bits per heavy atom. The molecule has 1 heterocycles. The second-order valence-corrected chi connectivity index (χ2v) is 8.30. The zero-order valence-corrected chi connectivity index (χ0v) is 19.7. The Morgan fingerprint density at radius 1 is 0.833 bits per heavy atom. The maximum absolute atomic E-state index is 13.1. The van der Waals surface area contributed by atoms with E-state index in [4.69, 9.17) is 13.9 Å². The van der Waals surface area contributed by atoms with Crippen molar-refractivity contribution in [3.63, 3.8) is 0 Å². The Labute approximate surface area is 207 Å². The first-order valence-corrected chi connectivity index (χ1v) is 11.4. The molecular formula is C30H23FNO4+. The molecule has 5 aromatic rings. The van der Waals surface area contributed by atoms with Crippen molar-refractivity contribution in [1.82, 2.24) is 0 Å². The molecule has 0 radical (unpaired) electrons. The molecule has 0 spiro atoms. The second kappa shape index (κ2) is 9.88. The van der Waals surface area contributed by atoms with Crippen molar-refractivity contribution in [2.45, 2.75) is 6.92 Å². The zero-order valence-electron chi connectivity index (χ0n) is 19.7. The topological polar surface area (TPSA) is 62.6 Å². The highest BCUT2D eigenvalue weighted by atomic mass is 19.1. The van der Waals surface area contributed by atoms with Gasteiger partial charge in [0.15, 0.2) is 0 Å². The van der Waals surface area contributed by atoms with Crippen molar-refractivity contribution in [2.24, 2.45) is 0 Å². The predicted octanol–water partition coefficient (Wildman–Crippen LogP) is 5.09. The lowest BCUT2D eigenvalue weighted by Gasteiger charge is -2.05. The molecule has 0 aliphatic heterocycles. The summed E-state index contributed by atoms with van der Waals surface area (Å²) < 4.78 is 30.0. The van der Waals surface area contributed by atoms with E-state index in [0.717, 1.165) is 38.9 Å². The van der Waals surface area contributed by atoms with Crippen molar-refractivity contribution in [3.8, 4) is 22.8 Å². The van der Waals surface area contributed by atoms with Gasteiger partial charge in [0.05, 0.1) is 24.1 Å². The normalized spacial score (nSPS) is 11.5. The molecule has 0 aliphatic rings. The van der Waals surface area contributed by atoms with E-state index in [0.29, 0.717) is 11.5 Å². The minimum absolute atomic E-state index is 0.277. The standard InChI is InChI=1S/C30H22FNO4/c1-19-3-16-28-26(17-19)27(18-29(36-28)20-6-12-24(34-2)13-7-20)32-23-10-14-25(15-11-23)35-30(33)21-4-8-22(31)9-5-21/h3-18H,1-2H3/p+1. The average Bonchev–Trinajstić information content (AvgIpc) is 2.90. The number of aryl methyl sites for hydroxylation is 1. The number of nitrogens with one attached hydrogen (secondary N) is 1. The number of hydrogen-bond donors (Lipinski definition) is 1. The van der Waals surface area contributed by atoms with Crippen molar-refractivity contribution >= 4 is 22.6 Å². The number of esters is 1. The molecule has 4 aromatic carbocycles. The van der Waals surface area contributed by atoms with Crippen LogP contribution >= 0.6 is 0 Å². The Hall–Kier alpha value is -4.71. The minimum atomic E-state index is -0.550. The van der Waals surface area contributed by atoms with E-state index in [2.05, 4.69) is 11.1 Å². The molecule has 0 bridgehead atoms.